The van der Waals surface area contributed by atoms with Crippen LogP contribution in [-0.2, 0) is 23.9 Å². The van der Waals surface area contributed by atoms with Crippen LogP contribution in [0.25, 0.3) is 0 Å². The molecule has 0 aliphatic heterocycles. The summed E-state index contributed by atoms with van der Waals surface area (Å²) in [6.45, 7) is 6.84. The highest BCUT2D eigenvalue weighted by Gasteiger charge is 2.70. The Kier molecular flexibility index (Phi) is 5.70. The average molecular weight is 460 g/mol. The van der Waals surface area contributed by atoms with Gasteiger partial charge < -0.3 is 9.47 Å². The molecule has 6 heteroatoms. The van der Waals surface area contributed by atoms with Crippen molar-refractivity contribution in [1.82, 2.24) is 5.32 Å². The number of esters is 2. The van der Waals surface area contributed by atoms with Crippen LogP contribution >= 0.6 is 0 Å². The lowest BCUT2D eigenvalue weighted by molar-refractivity contribution is -0.164. The average Bonchev–Trinajstić information content (AvgIpc) is 3.36. The smallest absolute Gasteiger partial charge is 0.320 e. The van der Waals surface area contributed by atoms with Crippen LogP contribution in [0.1, 0.15) is 78.6 Å². The number of hydrogen-bond acceptors (Lipinski definition) is 6. The van der Waals surface area contributed by atoms with Crippen molar-refractivity contribution in [1.29, 1.82) is 0 Å². The van der Waals surface area contributed by atoms with E-state index < -0.39 is 0 Å². The lowest BCUT2D eigenvalue weighted by Crippen LogP contribution is -2.55. The third kappa shape index (κ3) is 3.57. The fraction of sp³-hybridized carbons (Fsp3) is 0.889. The lowest BCUT2D eigenvalue weighted by Gasteiger charge is -2.60. The number of carbonyl (C=O) groups excluding carboxylic acids is 3. The van der Waals surface area contributed by atoms with Crippen LogP contribution in [0, 0.1) is 46.3 Å². The summed E-state index contributed by atoms with van der Waals surface area (Å²) in [6, 6.07) is 0. The van der Waals surface area contributed by atoms with Crippen molar-refractivity contribution in [3.8, 4) is 0 Å². The minimum atomic E-state index is -0.379. The molecule has 0 saturated heterocycles. The monoisotopic (exact) mass is 459 g/mol. The molecule has 0 aromatic heterocycles. The van der Waals surface area contributed by atoms with Gasteiger partial charge in [0.1, 0.15) is 11.4 Å². The van der Waals surface area contributed by atoms with Crippen LogP contribution in [0.4, 0.5) is 0 Å². The molecule has 0 bridgehead atoms. The first-order chi connectivity index (χ1) is 15.6. The second kappa shape index (κ2) is 8.07. The first kappa shape index (κ1) is 23.3. The van der Waals surface area contributed by atoms with Gasteiger partial charge in [0.2, 0.25) is 0 Å². The molecule has 1 unspecified atom stereocenters. The van der Waals surface area contributed by atoms with Crippen molar-refractivity contribution in [3.63, 3.8) is 0 Å². The number of ether oxygens (including phenoxy) is 2. The number of fused-ring (bicyclic) bond motifs is 7. The van der Waals surface area contributed by atoms with Crippen molar-refractivity contribution < 1.29 is 23.9 Å². The van der Waals surface area contributed by atoms with E-state index in [1.54, 1.807) is 0 Å². The quantitative estimate of drug-likeness (QED) is 0.607. The standard InChI is InChI=1S/C27H41NO5/c1-16(29)18-7-8-19-17-5-6-21-22-13-27(22,33-24(31)15-28-14-23(30)32-4)12-11-26(21,3)20(17)9-10-25(18,19)2/h17-22,28H,5-15H2,1-4H3/t17-,18+,19-,20-,21-,22?,25+,26+,27-/m0/s1. The van der Waals surface area contributed by atoms with Crippen molar-refractivity contribution >= 4 is 17.7 Å². The first-order valence-corrected chi connectivity index (χ1v) is 13.1. The zero-order chi connectivity index (χ0) is 23.6. The van der Waals surface area contributed by atoms with Gasteiger partial charge in [0, 0.05) is 11.8 Å². The summed E-state index contributed by atoms with van der Waals surface area (Å²) in [5.74, 6) is 3.37. The van der Waals surface area contributed by atoms with Crippen LogP contribution in [0.2, 0.25) is 0 Å². The predicted octanol–water partition coefficient (Wildman–Crippen LogP) is 3.91. The fourth-order valence-corrected chi connectivity index (χ4v) is 9.55. The maximum atomic E-state index is 12.5. The predicted molar refractivity (Wildman–Crippen MR) is 123 cm³/mol. The second-order valence-corrected chi connectivity index (χ2v) is 12.4. The number of rotatable bonds is 6. The van der Waals surface area contributed by atoms with Crippen LogP contribution in [0.3, 0.4) is 0 Å². The van der Waals surface area contributed by atoms with Gasteiger partial charge in [-0.2, -0.15) is 0 Å². The van der Waals surface area contributed by atoms with Crippen molar-refractivity contribution in [2.24, 2.45) is 46.3 Å². The van der Waals surface area contributed by atoms with Gasteiger partial charge in [0.05, 0.1) is 20.2 Å². The molecule has 184 valence electrons. The topological polar surface area (TPSA) is 81.7 Å². The molecule has 0 spiro atoms. The van der Waals surface area contributed by atoms with E-state index >= 15 is 0 Å². The SMILES string of the molecule is COC(=O)CNCC(=O)O[C@]12CC[C@@]3(C)[C@@H](CC[C@@H]4[C@@H]3CC[C@]3(C)[C@@H](C(C)=O)CC[C@@H]43)C1C2. The summed E-state index contributed by atoms with van der Waals surface area (Å²) in [5.41, 5.74) is 0.275. The van der Waals surface area contributed by atoms with Crippen molar-refractivity contribution in [2.45, 2.75) is 84.2 Å². The Morgan fingerprint density at radius 2 is 1.52 bits per heavy atom. The van der Waals surface area contributed by atoms with E-state index in [4.69, 9.17) is 4.74 Å². The van der Waals surface area contributed by atoms with Crippen molar-refractivity contribution in [2.75, 3.05) is 20.2 Å². The Bertz CT molecular complexity index is 842. The molecular formula is C27H41NO5. The summed E-state index contributed by atoms with van der Waals surface area (Å²) in [6.07, 6.45) is 10.4. The van der Waals surface area contributed by atoms with Gasteiger partial charge in [-0.15, -0.1) is 0 Å². The number of methoxy groups -OCH3 is 1. The van der Waals surface area contributed by atoms with Gasteiger partial charge in [-0.25, -0.2) is 0 Å². The van der Waals surface area contributed by atoms with E-state index in [-0.39, 0.29) is 42.0 Å². The van der Waals surface area contributed by atoms with Crippen molar-refractivity contribution in [3.05, 3.63) is 0 Å². The zero-order valence-corrected chi connectivity index (χ0v) is 20.8. The Morgan fingerprint density at radius 1 is 0.818 bits per heavy atom. The zero-order valence-electron chi connectivity index (χ0n) is 20.8. The molecule has 5 fully saturated rings. The number of carbonyl (C=O) groups is 3. The highest BCUT2D eigenvalue weighted by atomic mass is 16.6. The van der Waals surface area contributed by atoms with E-state index in [0.717, 1.165) is 37.5 Å². The highest BCUT2D eigenvalue weighted by Crippen LogP contribution is 2.73. The summed E-state index contributed by atoms with van der Waals surface area (Å²) in [4.78, 5) is 36.1. The number of ketones is 1. The molecule has 1 N–H and O–H groups in total. The maximum Gasteiger partial charge on any atom is 0.320 e. The molecule has 5 aliphatic carbocycles. The van der Waals surface area contributed by atoms with Gasteiger partial charge >= 0.3 is 11.9 Å². The maximum absolute atomic E-state index is 12.5. The molecule has 9 atom stereocenters. The third-order valence-electron chi connectivity index (χ3n) is 11.2. The van der Waals surface area contributed by atoms with Crippen LogP contribution < -0.4 is 5.32 Å². The molecule has 0 radical (unpaired) electrons. The molecule has 6 nitrogen and oxygen atoms in total. The van der Waals surface area contributed by atoms with Crippen LogP contribution in [0.15, 0.2) is 0 Å². The van der Waals surface area contributed by atoms with Crippen LogP contribution in [-0.4, -0.2) is 43.5 Å². The molecule has 0 aromatic carbocycles. The Balaban J connectivity index is 1.24. The minimum Gasteiger partial charge on any atom is -0.468 e. The van der Waals surface area contributed by atoms with E-state index in [1.807, 2.05) is 6.92 Å². The number of Topliss-reactive ketones (excluding diaryl/α,β-unsaturated/α-hetero) is 1. The van der Waals surface area contributed by atoms with Crippen LogP contribution in [0.5, 0.6) is 0 Å². The Morgan fingerprint density at radius 3 is 2.24 bits per heavy atom. The van der Waals surface area contributed by atoms with Gasteiger partial charge in [-0.05, 0) is 99.2 Å². The van der Waals surface area contributed by atoms with E-state index in [2.05, 4.69) is 23.9 Å². The fourth-order valence-electron chi connectivity index (χ4n) is 9.55. The molecule has 5 aliphatic rings. The van der Waals surface area contributed by atoms with E-state index in [1.165, 1.54) is 39.2 Å². The molecule has 33 heavy (non-hydrogen) atoms. The molecule has 0 amide bonds. The molecule has 5 rings (SSSR count). The van der Waals surface area contributed by atoms with Gasteiger partial charge in [-0.3, -0.25) is 19.7 Å². The molecule has 5 saturated carbocycles. The molecular weight excluding hydrogens is 418 g/mol. The highest BCUT2D eigenvalue weighted by molar-refractivity contribution is 5.79. The Hall–Kier alpha value is -1.43. The number of nitrogens with one attached hydrogen (secondary N) is 1. The molecule has 0 aromatic rings. The summed E-state index contributed by atoms with van der Waals surface area (Å²) >= 11 is 0. The van der Waals surface area contributed by atoms with Gasteiger partial charge in [0.15, 0.2) is 0 Å². The van der Waals surface area contributed by atoms with E-state index in [0.29, 0.717) is 29.0 Å². The lowest BCUT2D eigenvalue weighted by atomic mass is 9.44. The van der Waals surface area contributed by atoms with Gasteiger partial charge in [-0.1, -0.05) is 13.8 Å². The van der Waals surface area contributed by atoms with E-state index in [9.17, 15) is 14.4 Å². The number of hydrogen-bond donors (Lipinski definition) is 1. The molecule has 0 heterocycles. The summed E-state index contributed by atoms with van der Waals surface area (Å²) in [7, 11) is 1.34. The normalized spacial score (nSPS) is 47.4. The minimum absolute atomic E-state index is 0.0242. The second-order valence-electron chi connectivity index (χ2n) is 12.4. The third-order valence-corrected chi connectivity index (χ3v) is 11.2. The summed E-state index contributed by atoms with van der Waals surface area (Å²) in [5, 5.41) is 2.83. The largest absolute Gasteiger partial charge is 0.468 e. The first-order valence-electron chi connectivity index (χ1n) is 13.1. The summed E-state index contributed by atoms with van der Waals surface area (Å²) < 4.78 is 10.6. The van der Waals surface area contributed by atoms with Gasteiger partial charge in [0.25, 0.3) is 0 Å². The Labute approximate surface area is 197 Å².